The van der Waals surface area contributed by atoms with E-state index in [1.807, 2.05) is 0 Å². The molecule has 0 nitrogen and oxygen atoms in total. The monoisotopic (exact) mass is 1300 g/mol. The molecule has 8 rings (SSSR count). The molecule has 10 heteroatoms. The van der Waals surface area contributed by atoms with Crippen molar-refractivity contribution in [3.05, 3.63) is 286 Å². The van der Waals surface area contributed by atoms with Crippen LogP contribution in [0.5, 0.6) is 0 Å². The Morgan fingerprint density at radius 3 is 0.405 bits per heavy atom. The van der Waals surface area contributed by atoms with Crippen LogP contribution in [0.15, 0.2) is 286 Å². The zero-order valence-electron chi connectivity index (χ0n) is 43.1. The van der Waals surface area contributed by atoms with E-state index in [0.717, 1.165) is 0 Å². The van der Waals surface area contributed by atoms with E-state index in [1.54, 1.807) is 0 Å². The summed E-state index contributed by atoms with van der Waals surface area (Å²) in [6.45, 7) is 18.6. The number of halogens is 4. The molecule has 0 atom stereocenters. The molecule has 0 aliphatic rings. The Morgan fingerprint density at radius 1 is 0.216 bits per heavy atom. The average molecular weight is 1300 g/mol. The predicted molar refractivity (Wildman–Crippen MR) is 333 cm³/mol. The van der Waals surface area contributed by atoms with Crippen LogP contribution in [-0.2, 0) is 30.3 Å². The van der Waals surface area contributed by atoms with Crippen molar-refractivity contribution in [1.29, 1.82) is 0 Å². The molecule has 8 aromatic carbocycles. The van der Waals surface area contributed by atoms with Crippen LogP contribution < -0.4 is 42.4 Å². The van der Waals surface area contributed by atoms with Gasteiger partial charge in [-0.05, 0) is 173 Å². The van der Waals surface area contributed by atoms with Crippen molar-refractivity contribution in [3.8, 4) is 0 Å². The van der Waals surface area contributed by atoms with Crippen LogP contribution in [0.3, 0.4) is 0 Å². The van der Waals surface area contributed by atoms with Gasteiger partial charge in [0.05, 0.1) is 0 Å². The quantitative estimate of drug-likeness (QED) is 0.0578. The van der Waals surface area contributed by atoms with Gasteiger partial charge in [0.15, 0.2) is 0 Å². The third-order valence-electron chi connectivity index (χ3n) is 12.8. The molecule has 0 spiro atoms. The molecule has 0 aliphatic carbocycles. The molecule has 74 heavy (non-hydrogen) atoms. The van der Waals surface area contributed by atoms with Crippen molar-refractivity contribution in [2.75, 3.05) is 0 Å². The van der Waals surface area contributed by atoms with Gasteiger partial charge in [0.1, 0.15) is 0 Å². The van der Waals surface area contributed by atoms with Crippen LogP contribution in [0.1, 0.15) is 55.4 Å². The maximum atomic E-state index is 4.85. The first kappa shape index (κ1) is 61.7. The van der Waals surface area contributed by atoms with E-state index < -0.39 is 31.7 Å². The third-order valence-corrected chi connectivity index (χ3v) is 23.3. The molecular formula is C64H64Cl4P4Ru2. The van der Waals surface area contributed by atoms with Gasteiger partial charge in [-0.1, -0.05) is 243 Å². The van der Waals surface area contributed by atoms with E-state index in [0.29, 0.717) is 0 Å². The van der Waals surface area contributed by atoms with Crippen molar-refractivity contribution in [2.24, 2.45) is 0 Å². The molecule has 0 aromatic heterocycles. The Balaban J connectivity index is 0.000000248. The zero-order chi connectivity index (χ0) is 53.2. The second-order valence-electron chi connectivity index (χ2n) is 17.0. The second-order valence-corrected chi connectivity index (χ2v) is 31.7. The molecule has 0 radical (unpaired) electrons. The number of rotatable bonds is 14. The van der Waals surface area contributed by atoms with Crippen LogP contribution in [-0.4, -0.2) is 0 Å². The number of hydrogen-bond acceptors (Lipinski definition) is 0. The van der Waals surface area contributed by atoms with E-state index in [2.05, 4.69) is 298 Å². The first-order valence-electron chi connectivity index (χ1n) is 24.0. The fraction of sp³-hybridized carbons (Fsp3) is 0.125. The molecule has 0 bridgehead atoms. The van der Waals surface area contributed by atoms with Gasteiger partial charge in [0.2, 0.25) is 0 Å². The van der Waals surface area contributed by atoms with Gasteiger partial charge in [-0.3, -0.25) is 0 Å². The molecule has 0 aliphatic heterocycles. The van der Waals surface area contributed by atoms with Gasteiger partial charge in [-0.2, -0.15) is 0 Å². The van der Waals surface area contributed by atoms with Crippen LogP contribution >= 0.6 is 70.5 Å². The van der Waals surface area contributed by atoms with E-state index in [1.165, 1.54) is 86.0 Å². The Bertz CT molecular complexity index is 2430. The van der Waals surface area contributed by atoms with Crippen LogP contribution in [0.25, 0.3) is 0 Å². The summed E-state index contributed by atoms with van der Waals surface area (Å²) in [6, 6.07) is 87.9. The van der Waals surface area contributed by atoms with Crippen LogP contribution in [0.4, 0.5) is 0 Å². The normalized spacial score (nSPS) is 12.5. The molecule has 384 valence electrons. The average Bonchev–Trinajstić information content (AvgIpc) is 3.45. The fourth-order valence-electron chi connectivity index (χ4n) is 8.52. The fourth-order valence-corrected chi connectivity index (χ4v) is 18.6. The summed E-state index contributed by atoms with van der Waals surface area (Å²) in [5, 5.41) is 17.1. The van der Waals surface area contributed by atoms with Gasteiger partial charge < -0.3 is 0 Å². The minimum atomic E-state index is -0.584. The van der Waals surface area contributed by atoms with Gasteiger partial charge in [0.25, 0.3) is 0 Å². The van der Waals surface area contributed by atoms with E-state index in [9.17, 15) is 0 Å². The molecule has 0 unspecified atom stereocenters. The van der Waals surface area contributed by atoms with Crippen LogP contribution in [0.2, 0.25) is 0 Å². The summed E-state index contributed by atoms with van der Waals surface area (Å²) in [5.41, 5.74) is 5.65. The number of allylic oxidation sites excluding steroid dienone is 8. The van der Waals surface area contributed by atoms with Crippen LogP contribution in [0, 0.1) is 0 Å². The van der Waals surface area contributed by atoms with Crippen molar-refractivity contribution < 1.29 is 30.3 Å². The predicted octanol–water partition coefficient (Wildman–Crippen LogP) is 18.4. The summed E-state index contributed by atoms with van der Waals surface area (Å²) in [6.07, 6.45) is 0. The van der Waals surface area contributed by atoms with Gasteiger partial charge in [-0.25, -0.2) is 0 Å². The molecule has 0 fully saturated rings. The van der Waals surface area contributed by atoms with Gasteiger partial charge in [0, 0.05) is 0 Å². The first-order valence-corrected chi connectivity index (χ1v) is 38.3. The molecule has 8 aromatic rings. The number of benzene rings is 8. The molecule has 0 saturated heterocycles. The standard InChI is InChI=1S/2C32H32P2.4ClH.2Ru/c2*1-25(27(3)33(29-17-9-5-10-18-29)30-19-11-6-12-20-30)26(2)28(4)34(31-21-13-7-14-22-31)32-23-15-8-16-24-32;;;;;;/h2*5-24H,1-4H3;4*1H;;/q;;;;;;2*+2/p-4/b2*27-25-,28-26-;;;;;;. The Kier molecular flexibility index (Phi) is 28.3. The van der Waals surface area contributed by atoms with Crippen molar-refractivity contribution in [2.45, 2.75) is 55.4 Å². The molecular weight excluding hydrogens is 1240 g/mol. The maximum absolute atomic E-state index is 4.85. The second kappa shape index (κ2) is 33.9. The SMILES string of the molecule is CC(/C(C)=C(/C)P(c1ccccc1)c1ccccc1)=C(\C)P(c1ccccc1)c1ccccc1.CC(/C(C)=C(/C)P(c1ccccc1)c1ccccc1)=C(\C)P(c1ccccc1)c1ccccc1.[Cl][Ru][Cl].[Cl][Ru][Cl]. The van der Waals surface area contributed by atoms with Gasteiger partial charge in [-0.15, -0.1) is 0 Å². The Labute approximate surface area is 480 Å². The van der Waals surface area contributed by atoms with Crippen molar-refractivity contribution in [3.63, 3.8) is 0 Å². The topological polar surface area (TPSA) is 0 Å². The van der Waals surface area contributed by atoms with E-state index >= 15 is 0 Å². The molecule has 0 heterocycles. The van der Waals surface area contributed by atoms with Crippen molar-refractivity contribution >= 4 is 113 Å². The summed E-state index contributed by atoms with van der Waals surface area (Å²) < 4.78 is 0. The molecule has 0 saturated carbocycles. The van der Waals surface area contributed by atoms with Gasteiger partial charge >= 0.3 is 69.1 Å². The summed E-state index contributed by atoms with van der Waals surface area (Å²) >= 11 is -0.691. The molecule has 0 amide bonds. The summed E-state index contributed by atoms with van der Waals surface area (Å²) in [7, 11) is 17.1. The minimum absolute atomic E-state index is 0.346. The summed E-state index contributed by atoms with van der Waals surface area (Å²) in [4.78, 5) is 0. The van der Waals surface area contributed by atoms with Crippen molar-refractivity contribution in [1.82, 2.24) is 0 Å². The number of hydrogen-bond donors (Lipinski definition) is 0. The Morgan fingerprint density at radius 2 is 0.311 bits per heavy atom. The third kappa shape index (κ3) is 18.0. The van der Waals surface area contributed by atoms with E-state index in [4.69, 9.17) is 38.8 Å². The summed E-state index contributed by atoms with van der Waals surface area (Å²) in [5.74, 6) is 0. The zero-order valence-corrected chi connectivity index (χ0v) is 53.2. The van der Waals surface area contributed by atoms with E-state index in [-0.39, 0.29) is 30.3 Å². The molecule has 0 N–H and O–H groups in total. The Hall–Kier alpha value is -3.15. The first-order chi connectivity index (χ1) is 36.0.